The smallest absolute Gasteiger partial charge is 0.335 e. The molecule has 0 aliphatic heterocycles. The minimum Gasteiger partial charge on any atom is -0.478 e. The van der Waals surface area contributed by atoms with Gasteiger partial charge in [0.05, 0.1) is 30.9 Å². The number of nitrogens with zero attached hydrogens (tertiary/aromatic N) is 3. The van der Waals surface area contributed by atoms with Crippen molar-refractivity contribution in [3.8, 4) is 21.7 Å². The number of benzene rings is 2. The quantitative estimate of drug-likeness (QED) is 0.383. The lowest BCUT2D eigenvalue weighted by Gasteiger charge is -2.06. The molecule has 4 rings (SSSR count). The topological polar surface area (TPSA) is 92.5 Å². The van der Waals surface area contributed by atoms with E-state index < -0.39 is 15.7 Å². The van der Waals surface area contributed by atoms with Crippen LogP contribution >= 0.6 is 11.3 Å². The van der Waals surface area contributed by atoms with Gasteiger partial charge in [-0.15, -0.1) is 11.3 Å². The molecule has 0 fully saturated rings. The van der Waals surface area contributed by atoms with Crippen LogP contribution in [0.1, 0.15) is 22.3 Å². The number of aromatic carboxylic acids is 1. The molecule has 1 unspecified atom stereocenters. The van der Waals surface area contributed by atoms with Gasteiger partial charge in [-0.2, -0.15) is 4.36 Å². The number of thiazole rings is 1. The monoisotopic (exact) mass is 463 g/mol. The van der Waals surface area contributed by atoms with Crippen molar-refractivity contribution in [3.05, 3.63) is 83.5 Å². The van der Waals surface area contributed by atoms with E-state index in [1.165, 1.54) is 0 Å². The Morgan fingerprint density at radius 2 is 1.84 bits per heavy atom. The first-order chi connectivity index (χ1) is 15.4. The third kappa shape index (κ3) is 4.61. The zero-order valence-corrected chi connectivity index (χ0v) is 19.2. The van der Waals surface area contributed by atoms with Gasteiger partial charge in [-0.05, 0) is 48.4 Å². The predicted molar refractivity (Wildman–Crippen MR) is 128 cm³/mol. The summed E-state index contributed by atoms with van der Waals surface area (Å²) in [6.45, 7) is 2.03. The summed E-state index contributed by atoms with van der Waals surface area (Å²) >= 11 is 1.55. The van der Waals surface area contributed by atoms with E-state index in [1.54, 1.807) is 60.2 Å². The van der Waals surface area contributed by atoms with Crippen LogP contribution in [0, 0.1) is 0 Å². The van der Waals surface area contributed by atoms with E-state index in [9.17, 15) is 14.1 Å². The highest BCUT2D eigenvalue weighted by Gasteiger charge is 2.17. The molecule has 0 amide bonds. The Kier molecular flexibility index (Phi) is 6.16. The molecular formula is C24H21N3O3S2. The van der Waals surface area contributed by atoms with Gasteiger partial charge in [0.1, 0.15) is 0 Å². The fourth-order valence-corrected chi connectivity index (χ4v) is 5.47. The van der Waals surface area contributed by atoms with Crippen molar-refractivity contribution in [1.29, 1.82) is 0 Å². The Bertz CT molecular complexity index is 1410. The largest absolute Gasteiger partial charge is 0.478 e. The number of pyridine rings is 1. The van der Waals surface area contributed by atoms with Gasteiger partial charge in [-0.25, -0.2) is 19.0 Å². The molecule has 0 spiro atoms. The third-order valence-corrected chi connectivity index (χ3v) is 7.74. The summed E-state index contributed by atoms with van der Waals surface area (Å²) in [6, 6.07) is 19.5. The number of rotatable bonds is 6. The molecule has 8 heteroatoms. The van der Waals surface area contributed by atoms with Gasteiger partial charge in [0.15, 0.2) is 5.82 Å². The summed E-state index contributed by atoms with van der Waals surface area (Å²) in [5.74, 6) is -0.613. The van der Waals surface area contributed by atoms with Crippen LogP contribution in [0.3, 0.4) is 0 Å². The summed E-state index contributed by atoms with van der Waals surface area (Å²) in [6.07, 6.45) is 3.99. The number of carboxylic acid groups (broad SMARTS) is 1. The van der Waals surface area contributed by atoms with E-state index in [2.05, 4.69) is 9.35 Å². The molecule has 2 heterocycles. The van der Waals surface area contributed by atoms with Crippen LogP contribution in [0.5, 0.6) is 0 Å². The fraction of sp³-hybridized carbons (Fsp3) is 0.125. The summed E-state index contributed by atoms with van der Waals surface area (Å²) < 4.78 is 17.6. The van der Waals surface area contributed by atoms with Crippen molar-refractivity contribution in [3.63, 3.8) is 0 Å². The molecule has 0 radical (unpaired) electrons. The maximum Gasteiger partial charge on any atom is 0.335 e. The molecule has 4 aromatic rings. The first-order valence-corrected chi connectivity index (χ1v) is 12.7. The average Bonchev–Trinajstić information content (AvgIpc) is 3.24. The zero-order chi connectivity index (χ0) is 22.7. The normalized spacial score (nSPS) is 12.8. The van der Waals surface area contributed by atoms with Crippen LogP contribution in [0.25, 0.3) is 21.7 Å². The van der Waals surface area contributed by atoms with Crippen LogP contribution < -0.4 is 0 Å². The van der Waals surface area contributed by atoms with Crippen molar-refractivity contribution in [1.82, 2.24) is 9.97 Å². The molecule has 0 aliphatic carbocycles. The lowest BCUT2D eigenvalue weighted by Crippen LogP contribution is -1.97. The van der Waals surface area contributed by atoms with Crippen LogP contribution in [0.2, 0.25) is 0 Å². The molecule has 6 nitrogen and oxygen atoms in total. The van der Waals surface area contributed by atoms with Gasteiger partial charge >= 0.3 is 5.97 Å². The maximum absolute atomic E-state index is 13.2. The Morgan fingerprint density at radius 3 is 2.56 bits per heavy atom. The van der Waals surface area contributed by atoms with Crippen LogP contribution in [0.15, 0.2) is 82.2 Å². The van der Waals surface area contributed by atoms with Crippen LogP contribution in [0.4, 0.5) is 5.82 Å². The Balaban J connectivity index is 1.81. The van der Waals surface area contributed by atoms with Crippen molar-refractivity contribution in [2.75, 3.05) is 6.26 Å². The molecule has 0 aliphatic rings. The second kappa shape index (κ2) is 9.02. The summed E-state index contributed by atoms with van der Waals surface area (Å²) in [5, 5.41) is 10.3. The highest BCUT2D eigenvalue weighted by atomic mass is 32.2. The summed E-state index contributed by atoms with van der Waals surface area (Å²) in [7, 11) is -2.65. The molecule has 1 N–H and O–H groups in total. The number of aryl methyl sites for hydroxylation is 1. The molecule has 2 aromatic heterocycles. The van der Waals surface area contributed by atoms with Gasteiger partial charge in [-0.3, -0.25) is 0 Å². The van der Waals surface area contributed by atoms with Gasteiger partial charge in [-0.1, -0.05) is 37.3 Å². The first kappa shape index (κ1) is 21.9. The molecule has 0 bridgehead atoms. The number of hydrogen-bond donors (Lipinski definition) is 1. The SMILES string of the molecule is CCc1nc(-c2cccc(C(=O)O)c2)c(-c2ccnc(N=S(C)(=O)c3ccccc3)c2)s1. The van der Waals surface area contributed by atoms with Gasteiger partial charge < -0.3 is 5.11 Å². The van der Waals surface area contributed by atoms with Crippen molar-refractivity contribution >= 4 is 32.9 Å². The van der Waals surface area contributed by atoms with E-state index in [1.807, 2.05) is 37.3 Å². The molecular weight excluding hydrogens is 442 g/mol. The van der Waals surface area contributed by atoms with E-state index in [0.29, 0.717) is 16.4 Å². The fourth-order valence-electron chi connectivity index (χ4n) is 3.22. The molecule has 162 valence electrons. The Morgan fingerprint density at radius 1 is 1.06 bits per heavy atom. The van der Waals surface area contributed by atoms with Gasteiger partial charge in [0.25, 0.3) is 0 Å². The molecule has 0 saturated heterocycles. The Hall–Kier alpha value is -3.36. The van der Waals surface area contributed by atoms with E-state index >= 15 is 0 Å². The first-order valence-electron chi connectivity index (χ1n) is 9.94. The van der Waals surface area contributed by atoms with Gasteiger partial charge in [0, 0.05) is 22.9 Å². The average molecular weight is 464 g/mol. The summed E-state index contributed by atoms with van der Waals surface area (Å²) in [4.78, 5) is 22.0. The van der Waals surface area contributed by atoms with Crippen LogP contribution in [-0.2, 0) is 16.1 Å². The lowest BCUT2D eigenvalue weighted by atomic mass is 10.0. The Labute approximate surface area is 190 Å². The summed E-state index contributed by atoms with van der Waals surface area (Å²) in [5.41, 5.74) is 2.50. The zero-order valence-electron chi connectivity index (χ0n) is 17.6. The minimum atomic E-state index is -2.65. The van der Waals surface area contributed by atoms with Gasteiger partial charge in [0.2, 0.25) is 0 Å². The highest BCUT2D eigenvalue weighted by Crippen LogP contribution is 2.38. The van der Waals surface area contributed by atoms with Crippen molar-refractivity contribution in [2.45, 2.75) is 18.2 Å². The number of hydrogen-bond acceptors (Lipinski definition) is 6. The highest BCUT2D eigenvalue weighted by molar-refractivity contribution is 7.93. The predicted octanol–water partition coefficient (Wildman–Crippen LogP) is 5.92. The van der Waals surface area contributed by atoms with Crippen molar-refractivity contribution < 1.29 is 14.1 Å². The number of carbonyl (C=O) groups is 1. The minimum absolute atomic E-state index is 0.207. The molecule has 2 aromatic carbocycles. The second-order valence-electron chi connectivity index (χ2n) is 7.13. The third-order valence-electron chi connectivity index (χ3n) is 4.81. The second-order valence-corrected chi connectivity index (χ2v) is 10.5. The molecule has 32 heavy (non-hydrogen) atoms. The molecule has 0 saturated carbocycles. The van der Waals surface area contributed by atoms with E-state index in [4.69, 9.17) is 4.98 Å². The van der Waals surface area contributed by atoms with Crippen LogP contribution in [-0.4, -0.2) is 31.5 Å². The van der Waals surface area contributed by atoms with E-state index in [-0.39, 0.29) is 5.56 Å². The molecule has 1 atom stereocenters. The number of carboxylic acids is 1. The van der Waals surface area contributed by atoms with Crippen molar-refractivity contribution in [2.24, 2.45) is 4.36 Å². The standard InChI is InChI=1S/C24H21N3O3S2/c1-3-21-26-22(16-8-7-9-18(14-16)24(28)29)23(31-21)17-12-13-25-20(15-17)27-32(2,30)19-10-5-4-6-11-19/h4-15H,3H2,1-2H3,(H,28,29). The number of aromatic nitrogens is 2. The lowest BCUT2D eigenvalue weighted by molar-refractivity contribution is 0.0697. The van der Waals surface area contributed by atoms with E-state index in [0.717, 1.165) is 27.4 Å². The maximum atomic E-state index is 13.2.